The molecule has 15 heavy (non-hydrogen) atoms. The van der Waals surface area contributed by atoms with Crippen LogP contribution in [0.3, 0.4) is 0 Å². The van der Waals surface area contributed by atoms with Crippen molar-refractivity contribution in [1.82, 2.24) is 4.98 Å². The first kappa shape index (κ1) is 12.4. The van der Waals surface area contributed by atoms with Crippen molar-refractivity contribution in [3.63, 3.8) is 0 Å². The largest absolute Gasteiger partial charge is 0.560 e. The number of hydrogen-bond donors (Lipinski definition) is 1. The Morgan fingerprint density at radius 1 is 1.47 bits per heavy atom. The third kappa shape index (κ3) is 2.47. The second-order valence-corrected chi connectivity index (χ2v) is 2.97. The summed E-state index contributed by atoms with van der Waals surface area (Å²) in [7, 11) is 3.61. The third-order valence-corrected chi connectivity index (χ3v) is 2.08. The van der Waals surface area contributed by atoms with Crippen LogP contribution in [0.4, 0.5) is 0 Å². The van der Waals surface area contributed by atoms with Gasteiger partial charge in [0.05, 0.1) is 7.11 Å². The van der Waals surface area contributed by atoms with Crippen LogP contribution in [0.2, 0.25) is 0 Å². The molecule has 0 aliphatic heterocycles. The Bertz CT molecular complexity index is 440. The van der Waals surface area contributed by atoms with Crippen molar-refractivity contribution in [2.24, 2.45) is 7.05 Å². The number of H-pyrrole nitrogens is 1. The van der Waals surface area contributed by atoms with Crippen LogP contribution in [0.25, 0.3) is 11.3 Å². The molecule has 2 rings (SSSR count). The number of rotatable bonds is 2. The average molecular weight is 276 g/mol. The zero-order valence-electron chi connectivity index (χ0n) is 8.74. The molecule has 4 heteroatoms. The molecular formula is C11H11N2OY-. The molecule has 0 unspecified atom stereocenters. The van der Waals surface area contributed by atoms with Gasteiger partial charge in [-0.1, -0.05) is 12.3 Å². The number of ether oxygens (including phenoxy) is 1. The van der Waals surface area contributed by atoms with E-state index in [0.717, 1.165) is 17.0 Å². The SMILES string of the molecule is COc1c[nH][c-]c1-c1[c-]ccc[n+]1C.[Y]. The van der Waals surface area contributed by atoms with Crippen molar-refractivity contribution in [3.05, 3.63) is 36.8 Å². The summed E-state index contributed by atoms with van der Waals surface area (Å²) in [5.74, 6) is 0.781. The molecule has 0 saturated carbocycles. The van der Waals surface area contributed by atoms with Crippen molar-refractivity contribution >= 4 is 0 Å². The van der Waals surface area contributed by atoms with Gasteiger partial charge in [-0.25, -0.2) is 0 Å². The van der Waals surface area contributed by atoms with Crippen LogP contribution in [-0.2, 0) is 39.8 Å². The quantitative estimate of drug-likeness (QED) is 0.646. The van der Waals surface area contributed by atoms with Gasteiger partial charge in [-0.3, -0.25) is 4.57 Å². The summed E-state index contributed by atoms with van der Waals surface area (Å²) in [5, 5.41) is 0. The molecule has 0 atom stereocenters. The Kier molecular flexibility index (Phi) is 4.49. The zero-order chi connectivity index (χ0) is 9.97. The molecule has 2 aromatic heterocycles. The molecule has 75 valence electrons. The maximum Gasteiger partial charge on any atom is 0.126 e. The topological polar surface area (TPSA) is 28.9 Å². The summed E-state index contributed by atoms with van der Waals surface area (Å²) in [6.07, 6.45) is 6.75. The number of hydrogen-bond acceptors (Lipinski definition) is 1. The maximum atomic E-state index is 5.20. The van der Waals surface area contributed by atoms with Gasteiger partial charge in [-0.2, -0.15) is 12.1 Å². The first-order valence-electron chi connectivity index (χ1n) is 4.32. The maximum absolute atomic E-state index is 5.20. The zero-order valence-corrected chi connectivity index (χ0v) is 11.6. The number of nitrogens with zero attached hydrogens (tertiary/aromatic N) is 1. The summed E-state index contributed by atoms with van der Waals surface area (Å²) in [4.78, 5) is 2.89. The van der Waals surface area contributed by atoms with E-state index in [9.17, 15) is 0 Å². The van der Waals surface area contributed by atoms with E-state index < -0.39 is 0 Å². The van der Waals surface area contributed by atoms with Crippen LogP contribution in [0.15, 0.2) is 24.5 Å². The summed E-state index contributed by atoms with van der Waals surface area (Å²) in [6.45, 7) is 0. The van der Waals surface area contributed by atoms with Gasteiger partial charge in [0.15, 0.2) is 0 Å². The predicted molar refractivity (Wildman–Crippen MR) is 51.6 cm³/mol. The Hall–Kier alpha value is -0.666. The van der Waals surface area contributed by atoms with Crippen molar-refractivity contribution in [3.8, 4) is 17.0 Å². The van der Waals surface area contributed by atoms with Crippen LogP contribution >= 0.6 is 0 Å². The van der Waals surface area contributed by atoms with Crippen LogP contribution < -0.4 is 9.30 Å². The summed E-state index contributed by atoms with van der Waals surface area (Å²) in [6, 6.07) is 6.95. The van der Waals surface area contributed by atoms with Gasteiger partial charge in [-0.15, -0.1) is 11.8 Å². The summed E-state index contributed by atoms with van der Waals surface area (Å²) >= 11 is 0. The molecule has 0 bridgehead atoms. The van der Waals surface area contributed by atoms with Crippen molar-refractivity contribution < 1.29 is 42.0 Å². The Labute approximate surface area is 114 Å². The summed E-state index contributed by atoms with van der Waals surface area (Å²) in [5.41, 5.74) is 1.85. The van der Waals surface area contributed by atoms with E-state index in [1.165, 1.54) is 0 Å². The molecule has 0 aromatic carbocycles. The number of aromatic amines is 1. The molecule has 0 amide bonds. The van der Waals surface area contributed by atoms with Gasteiger partial charge in [0, 0.05) is 38.4 Å². The molecule has 1 N–H and O–H groups in total. The minimum atomic E-state index is 0. The molecule has 3 nitrogen and oxygen atoms in total. The fraction of sp³-hybridized carbons (Fsp3) is 0.182. The van der Waals surface area contributed by atoms with E-state index in [1.54, 1.807) is 13.3 Å². The molecule has 0 saturated heterocycles. The molecular weight excluding hydrogens is 265 g/mol. The van der Waals surface area contributed by atoms with Crippen LogP contribution in [-0.4, -0.2) is 12.1 Å². The van der Waals surface area contributed by atoms with Gasteiger partial charge in [0.2, 0.25) is 0 Å². The normalized spacial score (nSPS) is 9.47. The Morgan fingerprint density at radius 2 is 2.27 bits per heavy atom. The van der Waals surface area contributed by atoms with Crippen molar-refractivity contribution in [2.45, 2.75) is 0 Å². The molecule has 1 radical (unpaired) electrons. The first-order valence-corrected chi connectivity index (χ1v) is 4.32. The van der Waals surface area contributed by atoms with E-state index in [2.05, 4.69) is 17.2 Å². The Morgan fingerprint density at radius 3 is 2.93 bits per heavy atom. The van der Waals surface area contributed by atoms with E-state index in [4.69, 9.17) is 4.74 Å². The van der Waals surface area contributed by atoms with E-state index in [0.29, 0.717) is 0 Å². The molecule has 2 aromatic rings. The molecule has 0 fully saturated rings. The van der Waals surface area contributed by atoms with E-state index in [-0.39, 0.29) is 32.7 Å². The second kappa shape index (κ2) is 5.43. The van der Waals surface area contributed by atoms with E-state index >= 15 is 0 Å². The van der Waals surface area contributed by atoms with Crippen LogP contribution in [0, 0.1) is 12.3 Å². The predicted octanol–water partition coefficient (Wildman–Crippen LogP) is 1.11. The summed E-state index contributed by atoms with van der Waals surface area (Å²) < 4.78 is 7.17. The Balaban J connectivity index is 0.00000112. The minimum absolute atomic E-state index is 0. The second-order valence-electron chi connectivity index (χ2n) is 2.97. The molecule has 0 aliphatic carbocycles. The van der Waals surface area contributed by atoms with Crippen LogP contribution in [0.5, 0.6) is 5.75 Å². The minimum Gasteiger partial charge on any atom is -0.560 e. The smallest absolute Gasteiger partial charge is 0.126 e. The van der Waals surface area contributed by atoms with Gasteiger partial charge in [0.1, 0.15) is 13.2 Å². The monoisotopic (exact) mass is 276 g/mol. The van der Waals surface area contributed by atoms with Crippen molar-refractivity contribution in [1.29, 1.82) is 0 Å². The van der Waals surface area contributed by atoms with Gasteiger partial charge >= 0.3 is 0 Å². The standard InChI is InChI=1S/C11H10N2O.Y/c1-13-6-4-3-5-10(13)9-7-12-8-11(9)14-2;/h3-4,6,8H,1-2H3;/q-2;/p+1. The molecule has 0 spiro atoms. The van der Waals surface area contributed by atoms with Gasteiger partial charge in [-0.05, 0) is 5.75 Å². The number of methoxy groups -OCH3 is 1. The van der Waals surface area contributed by atoms with E-state index in [1.807, 2.05) is 29.9 Å². The van der Waals surface area contributed by atoms with Crippen molar-refractivity contribution in [2.75, 3.05) is 7.11 Å². The fourth-order valence-corrected chi connectivity index (χ4v) is 1.37. The molecule has 2 heterocycles. The van der Waals surface area contributed by atoms with Crippen LogP contribution in [0.1, 0.15) is 0 Å². The number of aryl methyl sites for hydroxylation is 1. The molecule has 0 aliphatic rings. The third-order valence-electron chi connectivity index (χ3n) is 2.08. The first-order chi connectivity index (χ1) is 6.83. The van der Waals surface area contributed by atoms with Gasteiger partial charge in [0.25, 0.3) is 0 Å². The number of nitrogens with one attached hydrogen (secondary N) is 1. The average Bonchev–Trinajstić information content (AvgIpc) is 2.66. The number of aromatic nitrogens is 2. The fourth-order valence-electron chi connectivity index (χ4n) is 1.37. The number of pyridine rings is 1. The van der Waals surface area contributed by atoms with Gasteiger partial charge < -0.3 is 9.72 Å².